The second-order valence-electron chi connectivity index (χ2n) is 2.17. The highest BCUT2D eigenvalue weighted by Crippen LogP contribution is 1.99. The van der Waals surface area contributed by atoms with E-state index in [4.69, 9.17) is 4.74 Å². The van der Waals surface area contributed by atoms with Gasteiger partial charge < -0.3 is 10.1 Å². The monoisotopic (exact) mass is 143 g/mol. The zero-order valence-electron chi connectivity index (χ0n) is 6.82. The second kappa shape index (κ2) is 3.93. The maximum Gasteiger partial charge on any atom is 0.309 e. The fraction of sp³-hybridized carbons (Fsp3) is 0.571. The Hall–Kier alpha value is -0.990. The first-order chi connectivity index (χ1) is 4.57. The molecule has 10 heavy (non-hydrogen) atoms. The molecule has 0 saturated carbocycles. The zero-order chi connectivity index (χ0) is 8.15. The molecule has 0 rings (SSSR count). The third-order valence-electron chi connectivity index (χ3n) is 0.927. The third kappa shape index (κ3) is 3.12. The van der Waals surface area contributed by atoms with Crippen LogP contribution in [0.3, 0.4) is 0 Å². The van der Waals surface area contributed by atoms with Gasteiger partial charge in [-0.1, -0.05) is 0 Å². The second-order valence-corrected chi connectivity index (χ2v) is 2.17. The first-order valence-corrected chi connectivity index (χ1v) is 3.11. The molecule has 0 aliphatic rings. The molecule has 3 nitrogen and oxygen atoms in total. The molecule has 0 radical (unpaired) electrons. The quantitative estimate of drug-likeness (QED) is 0.463. The Morgan fingerprint density at radius 1 is 1.30 bits per heavy atom. The summed E-state index contributed by atoms with van der Waals surface area (Å²) in [6.45, 7) is 5.11. The standard InChI is InChI=1S/C7H13NO2/c1-5(2)7(8-4)10-6(3)9/h8H,1-4H3. The van der Waals surface area contributed by atoms with Crippen LogP contribution in [0.15, 0.2) is 11.5 Å². The lowest BCUT2D eigenvalue weighted by molar-refractivity contribution is -0.137. The molecule has 0 atom stereocenters. The van der Waals surface area contributed by atoms with Crippen molar-refractivity contribution < 1.29 is 9.53 Å². The number of hydrogen-bond acceptors (Lipinski definition) is 3. The lowest BCUT2D eigenvalue weighted by Gasteiger charge is -2.06. The van der Waals surface area contributed by atoms with Crippen LogP contribution in [-0.4, -0.2) is 13.0 Å². The Balaban J connectivity index is 4.11. The van der Waals surface area contributed by atoms with Crippen LogP contribution in [0.2, 0.25) is 0 Å². The average molecular weight is 143 g/mol. The third-order valence-corrected chi connectivity index (χ3v) is 0.927. The van der Waals surface area contributed by atoms with Crippen molar-refractivity contribution in [3.05, 3.63) is 11.5 Å². The average Bonchev–Trinajstić information content (AvgIpc) is 1.81. The Labute approximate surface area is 61.1 Å². The van der Waals surface area contributed by atoms with Gasteiger partial charge in [0.1, 0.15) is 0 Å². The Morgan fingerprint density at radius 3 is 1.90 bits per heavy atom. The number of allylic oxidation sites excluding steroid dienone is 1. The van der Waals surface area contributed by atoms with Crippen molar-refractivity contribution in [3.63, 3.8) is 0 Å². The summed E-state index contributed by atoms with van der Waals surface area (Å²) >= 11 is 0. The number of esters is 1. The smallest absolute Gasteiger partial charge is 0.309 e. The summed E-state index contributed by atoms with van der Waals surface area (Å²) in [6, 6.07) is 0. The van der Waals surface area contributed by atoms with E-state index in [2.05, 4.69) is 5.32 Å². The molecule has 0 unspecified atom stereocenters. The maximum absolute atomic E-state index is 10.4. The van der Waals surface area contributed by atoms with Gasteiger partial charge in [0.05, 0.1) is 0 Å². The molecule has 0 aliphatic heterocycles. The molecule has 1 N–H and O–H groups in total. The first-order valence-electron chi connectivity index (χ1n) is 3.11. The normalized spacial score (nSPS) is 8.40. The SMILES string of the molecule is CNC(OC(C)=O)=C(C)C. The van der Waals surface area contributed by atoms with E-state index in [1.165, 1.54) is 6.92 Å². The minimum absolute atomic E-state index is 0.300. The molecular formula is C7H13NO2. The molecule has 0 spiro atoms. The summed E-state index contributed by atoms with van der Waals surface area (Å²) in [5, 5.41) is 2.77. The molecule has 0 aromatic heterocycles. The minimum atomic E-state index is -0.300. The fourth-order valence-electron chi connectivity index (χ4n) is 0.547. The summed E-state index contributed by atoms with van der Waals surface area (Å²) in [6.07, 6.45) is 0. The Bertz CT molecular complexity index is 157. The number of hydrogen-bond donors (Lipinski definition) is 1. The predicted octanol–water partition coefficient (Wildman–Crippen LogP) is 1.02. The van der Waals surface area contributed by atoms with Gasteiger partial charge in [0.15, 0.2) is 5.88 Å². The summed E-state index contributed by atoms with van der Waals surface area (Å²) < 4.78 is 4.79. The molecule has 0 aromatic rings. The molecule has 0 fully saturated rings. The van der Waals surface area contributed by atoms with Crippen LogP contribution in [0.5, 0.6) is 0 Å². The van der Waals surface area contributed by atoms with Crippen molar-refractivity contribution in [2.24, 2.45) is 0 Å². The van der Waals surface area contributed by atoms with E-state index >= 15 is 0 Å². The van der Waals surface area contributed by atoms with Gasteiger partial charge in [-0.2, -0.15) is 0 Å². The lowest BCUT2D eigenvalue weighted by atomic mass is 10.4. The van der Waals surface area contributed by atoms with E-state index in [0.29, 0.717) is 5.88 Å². The van der Waals surface area contributed by atoms with Crippen molar-refractivity contribution >= 4 is 5.97 Å². The van der Waals surface area contributed by atoms with Crippen molar-refractivity contribution in [2.75, 3.05) is 7.05 Å². The van der Waals surface area contributed by atoms with Gasteiger partial charge in [0.2, 0.25) is 0 Å². The molecule has 0 aromatic carbocycles. The summed E-state index contributed by atoms with van der Waals surface area (Å²) in [7, 11) is 1.71. The van der Waals surface area contributed by atoms with Gasteiger partial charge in [-0.25, -0.2) is 0 Å². The van der Waals surface area contributed by atoms with Gasteiger partial charge in [-0.05, 0) is 19.4 Å². The molecule has 0 aliphatic carbocycles. The lowest BCUT2D eigenvalue weighted by Crippen LogP contribution is -2.13. The zero-order valence-corrected chi connectivity index (χ0v) is 6.82. The van der Waals surface area contributed by atoms with Crippen molar-refractivity contribution in [2.45, 2.75) is 20.8 Å². The van der Waals surface area contributed by atoms with Gasteiger partial charge >= 0.3 is 5.97 Å². The molecule has 0 heterocycles. The van der Waals surface area contributed by atoms with Gasteiger partial charge in [0.25, 0.3) is 0 Å². The Morgan fingerprint density at radius 2 is 1.80 bits per heavy atom. The molecule has 58 valence electrons. The minimum Gasteiger partial charge on any atom is -0.410 e. The highest BCUT2D eigenvalue weighted by molar-refractivity contribution is 5.67. The van der Waals surface area contributed by atoms with Crippen LogP contribution < -0.4 is 5.32 Å². The summed E-state index contributed by atoms with van der Waals surface area (Å²) in [4.78, 5) is 10.4. The van der Waals surface area contributed by atoms with Crippen LogP contribution in [0.25, 0.3) is 0 Å². The first kappa shape index (κ1) is 9.01. The van der Waals surface area contributed by atoms with Crippen LogP contribution in [-0.2, 0) is 9.53 Å². The predicted molar refractivity (Wildman–Crippen MR) is 39.2 cm³/mol. The number of carbonyl (C=O) groups is 1. The highest BCUT2D eigenvalue weighted by Gasteiger charge is 1.99. The Kier molecular flexibility index (Phi) is 3.54. The van der Waals surface area contributed by atoms with Gasteiger partial charge in [0, 0.05) is 14.0 Å². The molecule has 3 heteroatoms. The van der Waals surface area contributed by atoms with Crippen LogP contribution in [0.1, 0.15) is 20.8 Å². The van der Waals surface area contributed by atoms with E-state index in [0.717, 1.165) is 5.57 Å². The maximum atomic E-state index is 10.4. The highest BCUT2D eigenvalue weighted by atomic mass is 16.5. The largest absolute Gasteiger partial charge is 0.410 e. The van der Waals surface area contributed by atoms with E-state index < -0.39 is 0 Å². The molecule has 0 saturated heterocycles. The van der Waals surface area contributed by atoms with E-state index in [1.807, 2.05) is 13.8 Å². The number of rotatable bonds is 2. The van der Waals surface area contributed by atoms with Gasteiger partial charge in [-0.15, -0.1) is 0 Å². The summed E-state index contributed by atoms with van der Waals surface area (Å²) in [5.41, 5.74) is 0.956. The van der Waals surface area contributed by atoms with Crippen molar-refractivity contribution in [1.82, 2.24) is 5.32 Å². The van der Waals surface area contributed by atoms with Crippen LogP contribution in [0.4, 0.5) is 0 Å². The van der Waals surface area contributed by atoms with Crippen molar-refractivity contribution in [3.8, 4) is 0 Å². The molecule has 0 amide bonds. The number of carbonyl (C=O) groups excluding carboxylic acids is 1. The topological polar surface area (TPSA) is 38.3 Å². The fourth-order valence-corrected chi connectivity index (χ4v) is 0.547. The van der Waals surface area contributed by atoms with Gasteiger partial charge in [-0.3, -0.25) is 4.79 Å². The summed E-state index contributed by atoms with van der Waals surface area (Å²) in [5.74, 6) is 0.234. The van der Waals surface area contributed by atoms with E-state index in [1.54, 1.807) is 7.05 Å². The van der Waals surface area contributed by atoms with Crippen LogP contribution in [0, 0.1) is 0 Å². The number of ether oxygens (including phenoxy) is 1. The molecular weight excluding hydrogens is 130 g/mol. The van der Waals surface area contributed by atoms with Crippen molar-refractivity contribution in [1.29, 1.82) is 0 Å². The van der Waals surface area contributed by atoms with E-state index in [9.17, 15) is 4.79 Å². The molecule has 0 bridgehead atoms. The number of nitrogens with one attached hydrogen (secondary N) is 1. The van der Waals surface area contributed by atoms with Crippen LogP contribution >= 0.6 is 0 Å². The van der Waals surface area contributed by atoms with E-state index in [-0.39, 0.29) is 5.97 Å².